The van der Waals surface area contributed by atoms with E-state index in [1.807, 2.05) is 0 Å². The maximum Gasteiger partial charge on any atom is 0.192 e. The molecule has 0 N–H and O–H groups in total. The van der Waals surface area contributed by atoms with Gasteiger partial charge < -0.3 is 8.85 Å². The van der Waals surface area contributed by atoms with Gasteiger partial charge in [0.1, 0.15) is 0 Å². The van der Waals surface area contributed by atoms with Crippen molar-refractivity contribution in [2.45, 2.75) is 104 Å². The molecule has 0 aromatic rings. The molecule has 1 unspecified atom stereocenters. The molecule has 0 spiro atoms. The zero-order valence-corrected chi connectivity index (χ0v) is 20.6. The van der Waals surface area contributed by atoms with E-state index in [0.29, 0.717) is 12.3 Å². The lowest BCUT2D eigenvalue weighted by atomic mass is 9.97. The molecular weight excluding hydrogens is 352 g/mol. The van der Waals surface area contributed by atoms with E-state index in [9.17, 15) is 0 Å². The highest BCUT2D eigenvalue weighted by Crippen LogP contribution is 2.29. The molecule has 0 aliphatic carbocycles. The van der Waals surface area contributed by atoms with Crippen molar-refractivity contribution in [3.63, 3.8) is 0 Å². The van der Waals surface area contributed by atoms with Gasteiger partial charge in [0.15, 0.2) is 16.6 Å². The normalized spacial score (nSPS) is 14.7. The van der Waals surface area contributed by atoms with Gasteiger partial charge in [-0.25, -0.2) is 0 Å². The Bertz CT molecular complexity index is 417. The first kappa shape index (κ1) is 25.7. The Morgan fingerprint density at radius 3 is 1.77 bits per heavy atom. The monoisotopic (exact) mass is 396 g/mol. The molecule has 2 nitrogen and oxygen atoms in total. The SMILES string of the molecule is C#CCC(CC(=C)[C@@H](C)CO[Si](CC)(CC)CC)O[Si](CC)(CC)CC. The minimum Gasteiger partial charge on any atom is -0.416 e. The molecule has 0 saturated carbocycles. The highest BCUT2D eigenvalue weighted by atomic mass is 28.4. The van der Waals surface area contributed by atoms with Crippen LogP contribution < -0.4 is 0 Å². The second-order valence-electron chi connectivity index (χ2n) is 7.71. The van der Waals surface area contributed by atoms with Crippen LogP contribution in [-0.4, -0.2) is 29.3 Å². The van der Waals surface area contributed by atoms with E-state index < -0.39 is 16.6 Å². The second kappa shape index (κ2) is 12.9. The van der Waals surface area contributed by atoms with Crippen molar-refractivity contribution in [1.82, 2.24) is 0 Å². The van der Waals surface area contributed by atoms with E-state index >= 15 is 0 Å². The fraction of sp³-hybridized carbons (Fsp3) is 0.818. The Balaban J connectivity index is 4.87. The average molecular weight is 397 g/mol. The summed E-state index contributed by atoms with van der Waals surface area (Å²) in [5.74, 6) is 3.18. The summed E-state index contributed by atoms with van der Waals surface area (Å²) < 4.78 is 13.1. The lowest BCUT2D eigenvalue weighted by Gasteiger charge is -2.34. The highest BCUT2D eigenvalue weighted by molar-refractivity contribution is 6.74. The maximum atomic E-state index is 6.66. The van der Waals surface area contributed by atoms with Crippen molar-refractivity contribution in [3.8, 4) is 12.3 Å². The molecule has 0 heterocycles. The first-order chi connectivity index (χ1) is 12.3. The molecule has 26 heavy (non-hydrogen) atoms. The summed E-state index contributed by atoms with van der Waals surface area (Å²) in [6, 6.07) is 7.05. The van der Waals surface area contributed by atoms with Gasteiger partial charge in [0.25, 0.3) is 0 Å². The quantitative estimate of drug-likeness (QED) is 0.168. The third-order valence-corrected chi connectivity index (χ3v) is 15.8. The van der Waals surface area contributed by atoms with Gasteiger partial charge in [-0.15, -0.1) is 12.3 Å². The van der Waals surface area contributed by atoms with Crippen LogP contribution in [0.1, 0.15) is 61.3 Å². The maximum absolute atomic E-state index is 6.66. The van der Waals surface area contributed by atoms with Gasteiger partial charge in [-0.1, -0.05) is 60.6 Å². The van der Waals surface area contributed by atoms with Gasteiger partial charge in [-0.05, 0) is 48.6 Å². The molecule has 0 radical (unpaired) electrons. The topological polar surface area (TPSA) is 18.5 Å². The predicted octanol–water partition coefficient (Wildman–Crippen LogP) is 7.00. The van der Waals surface area contributed by atoms with Crippen molar-refractivity contribution >= 4 is 16.6 Å². The molecule has 0 aliphatic rings. The van der Waals surface area contributed by atoms with Crippen LogP contribution in [-0.2, 0) is 8.85 Å². The smallest absolute Gasteiger partial charge is 0.192 e. The van der Waals surface area contributed by atoms with Gasteiger partial charge >= 0.3 is 0 Å². The average Bonchev–Trinajstić information content (AvgIpc) is 2.67. The summed E-state index contributed by atoms with van der Waals surface area (Å²) in [4.78, 5) is 0. The van der Waals surface area contributed by atoms with E-state index in [1.54, 1.807) is 0 Å². The third kappa shape index (κ3) is 7.72. The van der Waals surface area contributed by atoms with Crippen molar-refractivity contribution in [2.75, 3.05) is 6.61 Å². The predicted molar refractivity (Wildman–Crippen MR) is 122 cm³/mol. The van der Waals surface area contributed by atoms with Gasteiger partial charge in [0.2, 0.25) is 0 Å². The van der Waals surface area contributed by atoms with E-state index in [0.717, 1.165) is 31.2 Å². The molecule has 0 aromatic heterocycles. The van der Waals surface area contributed by atoms with Crippen molar-refractivity contribution in [1.29, 1.82) is 0 Å². The minimum atomic E-state index is -1.65. The standard InChI is InChI=1S/C22H44O2Si2/c1-10-17-22(24-26(14-5,15-6)16-7)18-20(8)21(9)19-23-25(11-2,12-3)13-4/h1,21-22H,8,11-19H2,2-7,9H3/t21-,22?/m0/s1. The lowest BCUT2D eigenvalue weighted by Crippen LogP contribution is -2.40. The zero-order valence-electron chi connectivity index (χ0n) is 18.6. The lowest BCUT2D eigenvalue weighted by molar-refractivity contribution is 0.183. The van der Waals surface area contributed by atoms with E-state index in [4.69, 9.17) is 15.3 Å². The molecule has 0 bridgehead atoms. The van der Waals surface area contributed by atoms with Crippen LogP contribution in [0.25, 0.3) is 0 Å². The number of hydrogen-bond donors (Lipinski definition) is 0. The zero-order chi connectivity index (χ0) is 20.2. The molecule has 4 heteroatoms. The summed E-state index contributed by atoms with van der Waals surface area (Å²) in [5.41, 5.74) is 1.22. The van der Waals surface area contributed by atoms with Gasteiger partial charge in [-0.2, -0.15) is 0 Å². The van der Waals surface area contributed by atoms with Crippen LogP contribution in [0, 0.1) is 18.3 Å². The molecule has 0 saturated heterocycles. The summed E-state index contributed by atoms with van der Waals surface area (Å²) in [7, 11) is -3.18. The van der Waals surface area contributed by atoms with Crippen molar-refractivity contribution in [2.24, 2.45) is 5.92 Å². The van der Waals surface area contributed by atoms with Crippen molar-refractivity contribution < 1.29 is 8.85 Å². The Morgan fingerprint density at radius 2 is 1.38 bits per heavy atom. The van der Waals surface area contributed by atoms with Crippen LogP contribution in [0.2, 0.25) is 36.3 Å². The number of hydrogen-bond acceptors (Lipinski definition) is 2. The third-order valence-electron chi connectivity index (χ3n) is 6.45. The fourth-order valence-electron chi connectivity index (χ4n) is 3.61. The van der Waals surface area contributed by atoms with Gasteiger partial charge in [0, 0.05) is 13.0 Å². The molecular formula is C22H44O2Si2. The van der Waals surface area contributed by atoms with Crippen LogP contribution in [0.5, 0.6) is 0 Å². The first-order valence-corrected chi connectivity index (χ1v) is 15.8. The molecule has 0 amide bonds. The van der Waals surface area contributed by atoms with Gasteiger partial charge in [0.05, 0.1) is 6.10 Å². The van der Waals surface area contributed by atoms with Crippen LogP contribution in [0.3, 0.4) is 0 Å². The second-order valence-corrected chi connectivity index (χ2v) is 17.2. The van der Waals surface area contributed by atoms with Crippen LogP contribution >= 0.6 is 0 Å². The molecule has 0 fully saturated rings. The Labute approximate surface area is 166 Å². The Morgan fingerprint density at radius 1 is 0.923 bits per heavy atom. The molecule has 152 valence electrons. The van der Waals surface area contributed by atoms with E-state index in [-0.39, 0.29) is 6.10 Å². The van der Waals surface area contributed by atoms with E-state index in [1.165, 1.54) is 23.7 Å². The molecule has 0 aromatic carbocycles. The first-order valence-electron chi connectivity index (χ1n) is 10.7. The van der Waals surface area contributed by atoms with Crippen LogP contribution in [0.15, 0.2) is 12.2 Å². The summed E-state index contributed by atoms with van der Waals surface area (Å²) in [5, 5.41) is 0. The fourth-order valence-corrected chi connectivity index (χ4v) is 9.20. The molecule has 0 rings (SSSR count). The summed E-state index contributed by atoms with van der Waals surface area (Å²) in [6.45, 7) is 21.0. The van der Waals surface area contributed by atoms with Crippen LogP contribution in [0.4, 0.5) is 0 Å². The molecule has 2 atom stereocenters. The summed E-state index contributed by atoms with van der Waals surface area (Å²) in [6.07, 6.45) is 7.29. The minimum absolute atomic E-state index is 0.118. The number of rotatable bonds is 15. The highest BCUT2D eigenvalue weighted by Gasteiger charge is 2.33. The largest absolute Gasteiger partial charge is 0.416 e. The van der Waals surface area contributed by atoms with Crippen molar-refractivity contribution in [3.05, 3.63) is 12.2 Å². The molecule has 0 aliphatic heterocycles. The number of terminal acetylenes is 1. The van der Waals surface area contributed by atoms with Gasteiger partial charge in [-0.3, -0.25) is 0 Å². The summed E-state index contributed by atoms with van der Waals surface area (Å²) >= 11 is 0. The Hall–Kier alpha value is -0.346. The Kier molecular flexibility index (Phi) is 12.8. The van der Waals surface area contributed by atoms with E-state index in [2.05, 4.69) is 61.0 Å².